The summed E-state index contributed by atoms with van der Waals surface area (Å²) in [4.78, 5) is 24.5. The van der Waals surface area contributed by atoms with Gasteiger partial charge in [0.1, 0.15) is 11.7 Å². The first-order valence-corrected chi connectivity index (χ1v) is 17.1. The van der Waals surface area contributed by atoms with E-state index in [-0.39, 0.29) is 34.8 Å². The van der Waals surface area contributed by atoms with Gasteiger partial charge in [-0.3, -0.25) is 9.59 Å². The van der Waals surface area contributed by atoms with Crippen LogP contribution >= 0.6 is 0 Å². The second-order valence-corrected chi connectivity index (χ2v) is 15.9. The molecule has 2 N–H and O–H groups in total. The monoisotopic (exact) mass is 658 g/mol. The number of aliphatic hydroxyl groups excluding tert-OH is 1. The number of carbonyl (C=O) groups excluding carboxylic acids is 2. The Bertz CT molecular complexity index is 1510. The maximum absolute atomic E-state index is 13.1. The van der Waals surface area contributed by atoms with Gasteiger partial charge < -0.3 is 19.7 Å². The number of allylic oxidation sites excluding steroid dienone is 14. The van der Waals surface area contributed by atoms with Crippen molar-refractivity contribution < 1.29 is 29.3 Å². The SMILES string of the molecule is CC(=O)O[C@H]1CC(C)(C)C(=C=C/C(C)=C/C=C/C(C)=CC=CC=C(C)C=CC=C(C)C(=O)C[C@@]23O[C@]2(C)C[C@@H](O)CC3(C)C)[C@](C)(O)C1. The molecule has 3 aliphatic rings. The molecule has 0 bridgehead atoms. The van der Waals surface area contributed by atoms with Gasteiger partial charge >= 0.3 is 5.97 Å². The van der Waals surface area contributed by atoms with E-state index in [1.54, 1.807) is 6.92 Å². The molecule has 0 unspecified atom stereocenters. The lowest BCUT2D eigenvalue weighted by Crippen LogP contribution is -2.48. The molecule has 6 heteroatoms. The van der Waals surface area contributed by atoms with E-state index >= 15 is 0 Å². The molecule has 5 atom stereocenters. The number of fused-ring (bicyclic) bond motifs is 1. The predicted octanol–water partition coefficient (Wildman–Crippen LogP) is 8.69. The first-order valence-electron chi connectivity index (χ1n) is 17.1. The Morgan fingerprint density at radius 1 is 0.812 bits per heavy atom. The van der Waals surface area contributed by atoms with Crippen LogP contribution in [-0.2, 0) is 19.1 Å². The van der Waals surface area contributed by atoms with E-state index in [1.165, 1.54) is 6.92 Å². The summed E-state index contributed by atoms with van der Waals surface area (Å²) in [6.45, 7) is 21.4. The minimum absolute atomic E-state index is 0.0816. The number of rotatable bonds is 11. The molecular formula is C42H58O6. The topological polar surface area (TPSA) is 96.4 Å². The third-order valence-electron chi connectivity index (χ3n) is 10.1. The molecule has 3 fully saturated rings. The molecule has 1 heterocycles. The van der Waals surface area contributed by atoms with E-state index in [1.807, 2.05) is 115 Å². The highest BCUT2D eigenvalue weighted by Crippen LogP contribution is 2.67. The van der Waals surface area contributed by atoms with E-state index in [0.717, 1.165) is 22.3 Å². The first kappa shape index (κ1) is 39.2. The Morgan fingerprint density at radius 3 is 1.92 bits per heavy atom. The van der Waals surface area contributed by atoms with Crippen LogP contribution in [0.2, 0.25) is 0 Å². The highest BCUT2D eigenvalue weighted by Gasteiger charge is 2.76. The van der Waals surface area contributed by atoms with Gasteiger partial charge in [-0.2, -0.15) is 0 Å². The average molecular weight is 659 g/mol. The predicted molar refractivity (Wildman–Crippen MR) is 194 cm³/mol. The van der Waals surface area contributed by atoms with Crippen molar-refractivity contribution in [1.29, 1.82) is 0 Å². The molecule has 2 aliphatic carbocycles. The number of hydrogen-bond donors (Lipinski definition) is 2. The van der Waals surface area contributed by atoms with E-state index in [9.17, 15) is 19.8 Å². The van der Waals surface area contributed by atoms with Gasteiger partial charge in [0, 0.05) is 31.8 Å². The molecule has 1 aliphatic heterocycles. The third-order valence-corrected chi connectivity index (χ3v) is 10.1. The molecule has 0 aromatic carbocycles. The van der Waals surface area contributed by atoms with Crippen LogP contribution in [0.25, 0.3) is 0 Å². The molecule has 0 aromatic rings. The lowest BCUT2D eigenvalue weighted by atomic mass is 9.61. The van der Waals surface area contributed by atoms with Crippen molar-refractivity contribution in [2.24, 2.45) is 10.8 Å². The van der Waals surface area contributed by atoms with Gasteiger partial charge in [-0.25, -0.2) is 0 Å². The molecule has 3 rings (SSSR count). The van der Waals surface area contributed by atoms with Gasteiger partial charge in [0.15, 0.2) is 5.78 Å². The smallest absolute Gasteiger partial charge is 0.302 e. The number of ether oxygens (including phenoxy) is 2. The molecule has 0 spiro atoms. The summed E-state index contributed by atoms with van der Waals surface area (Å²) in [6.07, 6.45) is 23.6. The lowest BCUT2D eigenvalue weighted by molar-refractivity contribution is -0.152. The van der Waals surface area contributed by atoms with Crippen LogP contribution in [0.4, 0.5) is 0 Å². The quantitative estimate of drug-likeness (QED) is 0.0758. The summed E-state index contributed by atoms with van der Waals surface area (Å²) in [5, 5.41) is 21.4. The van der Waals surface area contributed by atoms with Gasteiger partial charge in [0.05, 0.1) is 17.3 Å². The van der Waals surface area contributed by atoms with Gasteiger partial charge in [-0.15, -0.1) is 5.73 Å². The Morgan fingerprint density at radius 2 is 1.38 bits per heavy atom. The summed E-state index contributed by atoms with van der Waals surface area (Å²) in [5.41, 5.74) is 5.35. The van der Waals surface area contributed by atoms with Crippen molar-refractivity contribution in [1.82, 2.24) is 0 Å². The normalized spacial score (nSPS) is 32.4. The second kappa shape index (κ2) is 15.1. The fourth-order valence-electron chi connectivity index (χ4n) is 7.76. The maximum atomic E-state index is 13.1. The van der Waals surface area contributed by atoms with E-state index in [2.05, 4.69) is 19.6 Å². The van der Waals surface area contributed by atoms with Crippen molar-refractivity contribution in [2.75, 3.05) is 0 Å². The van der Waals surface area contributed by atoms with E-state index < -0.39 is 16.8 Å². The molecular weight excluding hydrogens is 600 g/mol. The average Bonchev–Trinajstić information content (AvgIpc) is 3.53. The molecule has 1 saturated heterocycles. The number of Topliss-reactive ketones (excluding diaryl/α,β-unsaturated/α-hetero) is 1. The van der Waals surface area contributed by atoms with Crippen molar-refractivity contribution in [2.45, 2.75) is 137 Å². The van der Waals surface area contributed by atoms with Crippen LogP contribution in [0.5, 0.6) is 0 Å². The number of hydrogen-bond acceptors (Lipinski definition) is 6. The molecule has 48 heavy (non-hydrogen) atoms. The van der Waals surface area contributed by atoms with Gasteiger partial charge in [-0.05, 0) is 82.4 Å². The number of carbonyl (C=O) groups is 2. The summed E-state index contributed by atoms with van der Waals surface area (Å²) in [5.74, 6) is -0.244. The number of epoxide rings is 1. The molecule has 6 nitrogen and oxygen atoms in total. The number of aliphatic hydroxyl groups is 2. The summed E-state index contributed by atoms with van der Waals surface area (Å²) >= 11 is 0. The van der Waals surface area contributed by atoms with Crippen LogP contribution in [0, 0.1) is 10.8 Å². The second-order valence-electron chi connectivity index (χ2n) is 15.9. The standard InChI is InChI=1S/C42H58O6/c1-29(18-14-19-31(3)22-23-37-38(6,7)26-35(47-33(5)43)27-40(37,10)46)16-12-13-17-30(2)20-15-21-32(4)36(45)28-42-39(8,9)24-34(44)25-41(42,11)48-42/h12-22,34-35,44,46H,24-28H2,1-11H3/b13-12?,18-14+,20-15?,29-16?,30-17?,31-19+,32-21?/t23?,34-,35-,40+,41+,42-/m0/s1. The molecule has 262 valence electrons. The number of esters is 1. The van der Waals surface area contributed by atoms with Crippen LogP contribution in [0.15, 0.2) is 100 Å². The van der Waals surface area contributed by atoms with Crippen molar-refractivity contribution in [3.63, 3.8) is 0 Å². The highest BCUT2D eigenvalue weighted by atomic mass is 16.6. The molecule has 2 saturated carbocycles. The van der Waals surface area contributed by atoms with Crippen molar-refractivity contribution >= 4 is 11.8 Å². The van der Waals surface area contributed by atoms with Crippen LogP contribution in [0.3, 0.4) is 0 Å². The van der Waals surface area contributed by atoms with Gasteiger partial charge in [-0.1, -0.05) is 99.6 Å². The van der Waals surface area contributed by atoms with Gasteiger partial charge in [0.2, 0.25) is 0 Å². The minimum atomic E-state index is -1.11. The Hall–Kier alpha value is -3.28. The molecule has 0 aromatic heterocycles. The van der Waals surface area contributed by atoms with Crippen LogP contribution in [0.1, 0.15) is 108 Å². The minimum Gasteiger partial charge on any atom is -0.462 e. The fraction of sp³-hybridized carbons (Fsp3) is 0.548. The lowest BCUT2D eigenvalue weighted by Gasteiger charge is -2.44. The zero-order valence-corrected chi connectivity index (χ0v) is 31.1. The molecule has 0 amide bonds. The Labute approximate surface area is 289 Å². The highest BCUT2D eigenvalue weighted by molar-refractivity contribution is 5.96. The fourth-order valence-corrected chi connectivity index (χ4v) is 7.76. The third kappa shape index (κ3) is 9.66. The van der Waals surface area contributed by atoms with Crippen molar-refractivity contribution in [3.05, 3.63) is 100 Å². The Kier molecular flexibility index (Phi) is 12.3. The maximum Gasteiger partial charge on any atom is 0.302 e. The summed E-state index contributed by atoms with van der Waals surface area (Å²) in [6, 6.07) is 0. The molecule has 0 radical (unpaired) electrons. The zero-order valence-electron chi connectivity index (χ0n) is 31.1. The number of ketones is 1. The first-order chi connectivity index (χ1) is 22.1. The summed E-state index contributed by atoms with van der Waals surface area (Å²) in [7, 11) is 0. The van der Waals surface area contributed by atoms with E-state index in [0.29, 0.717) is 37.7 Å². The van der Waals surface area contributed by atoms with Crippen molar-refractivity contribution in [3.8, 4) is 0 Å². The largest absolute Gasteiger partial charge is 0.462 e. The zero-order chi connectivity index (χ0) is 36.1. The summed E-state index contributed by atoms with van der Waals surface area (Å²) < 4.78 is 11.6. The van der Waals surface area contributed by atoms with Crippen LogP contribution in [-0.4, -0.2) is 51.0 Å². The van der Waals surface area contributed by atoms with E-state index in [4.69, 9.17) is 9.47 Å². The van der Waals surface area contributed by atoms with Crippen LogP contribution < -0.4 is 0 Å². The van der Waals surface area contributed by atoms with Gasteiger partial charge in [0.25, 0.3) is 0 Å². The Balaban J connectivity index is 1.54.